The Kier molecular flexibility index (Phi) is 11.9. The molecule has 1 heterocycles. The average Bonchev–Trinajstić information content (AvgIpc) is 2.70. The van der Waals surface area contributed by atoms with E-state index >= 15 is 0 Å². The van der Waals surface area contributed by atoms with Crippen molar-refractivity contribution in [3.8, 4) is 0 Å². The molecule has 0 aromatic carbocycles. The van der Waals surface area contributed by atoms with Gasteiger partial charge in [0.05, 0.1) is 0 Å². The molecule has 194 valence electrons. The van der Waals surface area contributed by atoms with Crippen molar-refractivity contribution >= 4 is 39.8 Å². The molecule has 0 saturated carbocycles. The van der Waals surface area contributed by atoms with Gasteiger partial charge >= 0.3 is 212 Å². The van der Waals surface area contributed by atoms with E-state index in [0.717, 1.165) is 42.2 Å². The van der Waals surface area contributed by atoms with E-state index in [2.05, 4.69) is 20.8 Å². The van der Waals surface area contributed by atoms with E-state index in [1.54, 1.807) is 20.8 Å². The molecule has 0 aliphatic carbocycles. The zero-order valence-electron chi connectivity index (χ0n) is 23.1. The number of aromatic nitrogens is 1. The predicted octanol–water partition coefficient (Wildman–Crippen LogP) is 6.63. The van der Waals surface area contributed by atoms with Crippen LogP contribution in [0.25, 0.3) is 0 Å². The summed E-state index contributed by atoms with van der Waals surface area (Å²) in [6, 6.07) is 1.85. The Labute approximate surface area is 211 Å². The maximum atomic E-state index is 13.3. The number of rotatable bonds is 12. The molecule has 0 aliphatic heterocycles. The van der Waals surface area contributed by atoms with Gasteiger partial charge in [0.25, 0.3) is 0 Å². The number of nitrogens with two attached hydrogens (primary N) is 1. The molecule has 6 nitrogen and oxygen atoms in total. The Bertz CT molecular complexity index is 803. The summed E-state index contributed by atoms with van der Waals surface area (Å²) in [6.07, 6.45) is 6.84. The van der Waals surface area contributed by atoms with Gasteiger partial charge in [0.1, 0.15) is 0 Å². The molecule has 1 aromatic heterocycles. The van der Waals surface area contributed by atoms with Crippen molar-refractivity contribution in [3.05, 3.63) is 17.2 Å². The van der Waals surface area contributed by atoms with Crippen LogP contribution in [0.15, 0.2) is 6.07 Å². The molecule has 1 aromatic rings. The molecule has 0 amide bonds. The van der Waals surface area contributed by atoms with E-state index in [4.69, 9.17) is 20.2 Å². The molecular weight excluding hydrogens is 535 g/mol. The van der Waals surface area contributed by atoms with Gasteiger partial charge in [-0.15, -0.1) is 0 Å². The molecule has 0 fully saturated rings. The molecule has 1 rings (SSSR count). The summed E-state index contributed by atoms with van der Waals surface area (Å²) in [5.41, 5.74) is 5.23. The molecule has 0 unspecified atom stereocenters. The van der Waals surface area contributed by atoms with E-state index in [-0.39, 0.29) is 16.9 Å². The number of unbranched alkanes of at least 4 members (excludes halogenated alkanes) is 3. The first-order valence-corrected chi connectivity index (χ1v) is 20.5. The standard InChI is InChI=1S/C15H21N2O4.3C4H9.Sn/c1-14(2,3)20-12(18)9-7-8-17-11(16)10(9)13(19)21-15(4,5)6;3*1-3-4-2;/h7H,1-6H3,(H2,16,17);3*1,3-4H2,2H3;. The summed E-state index contributed by atoms with van der Waals surface area (Å²) in [5, 5.41) is 0. The van der Waals surface area contributed by atoms with Crippen molar-refractivity contribution in [1.29, 1.82) is 0 Å². The van der Waals surface area contributed by atoms with E-state index in [1.807, 2.05) is 26.8 Å². The van der Waals surface area contributed by atoms with E-state index < -0.39 is 41.5 Å². The molecule has 0 radical (unpaired) electrons. The number of hydrogen-bond donors (Lipinski definition) is 1. The molecule has 0 aliphatic rings. The van der Waals surface area contributed by atoms with Gasteiger partial charge in [0.2, 0.25) is 0 Å². The molecular formula is C27H48N2O4Sn. The summed E-state index contributed by atoms with van der Waals surface area (Å²) in [4.78, 5) is 31.3. The first kappa shape index (κ1) is 30.7. The molecule has 0 bridgehead atoms. The minimum atomic E-state index is -3.01. The Morgan fingerprint density at radius 3 is 1.62 bits per heavy atom. The van der Waals surface area contributed by atoms with E-state index in [9.17, 15) is 9.59 Å². The van der Waals surface area contributed by atoms with Gasteiger partial charge in [0.15, 0.2) is 0 Å². The minimum absolute atomic E-state index is 0.0228. The van der Waals surface area contributed by atoms with Gasteiger partial charge in [-0.25, -0.2) is 0 Å². The van der Waals surface area contributed by atoms with Crippen LogP contribution < -0.4 is 9.44 Å². The van der Waals surface area contributed by atoms with Crippen molar-refractivity contribution in [3.63, 3.8) is 0 Å². The summed E-state index contributed by atoms with van der Waals surface area (Å²) >= 11 is -3.01. The fourth-order valence-electron chi connectivity index (χ4n) is 4.18. The second-order valence-electron chi connectivity index (χ2n) is 11.4. The normalized spacial score (nSPS) is 12.5. The molecule has 2 N–H and O–H groups in total. The van der Waals surface area contributed by atoms with Crippen LogP contribution >= 0.6 is 0 Å². The number of pyridine rings is 1. The quantitative estimate of drug-likeness (QED) is 0.220. The summed E-state index contributed by atoms with van der Waals surface area (Å²) in [6.45, 7) is 17.5. The summed E-state index contributed by atoms with van der Waals surface area (Å²) in [7, 11) is 0. The number of carbonyl (C=O) groups is 2. The second-order valence-corrected chi connectivity index (χ2v) is 24.5. The van der Waals surface area contributed by atoms with Crippen LogP contribution in [0.2, 0.25) is 13.3 Å². The van der Waals surface area contributed by atoms with Crippen LogP contribution in [0.5, 0.6) is 0 Å². The fourth-order valence-corrected chi connectivity index (χ4v) is 19.6. The zero-order chi connectivity index (χ0) is 26.2. The Morgan fingerprint density at radius 2 is 1.24 bits per heavy atom. The van der Waals surface area contributed by atoms with Crippen LogP contribution in [-0.4, -0.2) is 46.5 Å². The monoisotopic (exact) mass is 584 g/mol. The predicted molar refractivity (Wildman–Crippen MR) is 144 cm³/mol. The molecule has 0 saturated heterocycles. The van der Waals surface area contributed by atoms with Crippen molar-refractivity contribution in [2.45, 2.75) is 125 Å². The first-order valence-electron chi connectivity index (χ1n) is 13.0. The van der Waals surface area contributed by atoms with Crippen LogP contribution in [-0.2, 0) is 9.47 Å². The third-order valence-corrected chi connectivity index (χ3v) is 20.9. The van der Waals surface area contributed by atoms with Crippen LogP contribution in [0, 0.1) is 0 Å². The number of nitrogen functional groups attached to an aromatic ring is 1. The Morgan fingerprint density at radius 1 is 0.824 bits per heavy atom. The maximum absolute atomic E-state index is 13.3. The Hall–Kier alpha value is -1.31. The number of anilines is 1. The molecule has 7 heteroatoms. The van der Waals surface area contributed by atoms with E-state index in [0.29, 0.717) is 0 Å². The Balaban J connectivity index is 3.78. The summed E-state index contributed by atoms with van der Waals surface area (Å²) < 4.78 is 15.8. The number of esters is 2. The van der Waals surface area contributed by atoms with Gasteiger partial charge in [-0.05, 0) is 0 Å². The SMILES string of the molecule is CCC[CH2][Sn]([CH2]CCC)([CH2]CCC)[c]1cc(C(=O)OC(C)(C)C)c(C(=O)OC(C)(C)C)c(N)n1. The molecule has 0 spiro atoms. The molecule has 0 atom stereocenters. The molecule has 34 heavy (non-hydrogen) atoms. The zero-order valence-corrected chi connectivity index (χ0v) is 26.0. The van der Waals surface area contributed by atoms with E-state index in [1.165, 1.54) is 13.3 Å². The van der Waals surface area contributed by atoms with Crippen LogP contribution in [0.1, 0.15) is 122 Å². The average molecular weight is 583 g/mol. The van der Waals surface area contributed by atoms with Crippen molar-refractivity contribution in [2.24, 2.45) is 0 Å². The van der Waals surface area contributed by atoms with Gasteiger partial charge in [0, 0.05) is 0 Å². The van der Waals surface area contributed by atoms with Crippen molar-refractivity contribution < 1.29 is 19.1 Å². The number of ether oxygens (including phenoxy) is 2. The van der Waals surface area contributed by atoms with Crippen LogP contribution in [0.4, 0.5) is 5.82 Å². The fraction of sp³-hybridized carbons (Fsp3) is 0.741. The van der Waals surface area contributed by atoms with Crippen molar-refractivity contribution in [2.75, 3.05) is 5.73 Å². The third kappa shape index (κ3) is 9.38. The topological polar surface area (TPSA) is 91.5 Å². The second kappa shape index (κ2) is 13.1. The van der Waals surface area contributed by atoms with Gasteiger partial charge in [-0.1, -0.05) is 0 Å². The van der Waals surface area contributed by atoms with Gasteiger partial charge in [-0.3, -0.25) is 0 Å². The van der Waals surface area contributed by atoms with Crippen molar-refractivity contribution in [1.82, 2.24) is 4.98 Å². The third-order valence-electron chi connectivity index (χ3n) is 5.84. The first-order chi connectivity index (χ1) is 15.7. The van der Waals surface area contributed by atoms with Gasteiger partial charge < -0.3 is 0 Å². The number of hydrogen-bond acceptors (Lipinski definition) is 6. The van der Waals surface area contributed by atoms with Gasteiger partial charge in [-0.2, -0.15) is 0 Å². The van der Waals surface area contributed by atoms with Crippen LogP contribution in [0.3, 0.4) is 0 Å². The number of carbonyl (C=O) groups excluding carboxylic acids is 2. The summed E-state index contributed by atoms with van der Waals surface area (Å²) in [5.74, 6) is -1.11. The number of nitrogens with zero attached hydrogens (tertiary/aromatic N) is 1.